The molecule has 0 aromatic carbocycles. The number of hydrogen-bond acceptors (Lipinski definition) is 5. The van der Waals surface area contributed by atoms with Crippen LogP contribution in [-0.4, -0.2) is 51.0 Å². The molecule has 2 amide bonds. The van der Waals surface area contributed by atoms with E-state index in [2.05, 4.69) is 10.3 Å². The minimum absolute atomic E-state index is 0.147. The number of aromatic nitrogens is 2. The van der Waals surface area contributed by atoms with Crippen molar-refractivity contribution in [3.05, 3.63) is 47.3 Å². The smallest absolute Gasteiger partial charge is 0.420 e. The lowest BCUT2D eigenvalue weighted by Crippen LogP contribution is -2.41. The van der Waals surface area contributed by atoms with Gasteiger partial charge < -0.3 is 19.4 Å². The normalized spacial score (nSPS) is 16.8. The summed E-state index contributed by atoms with van der Waals surface area (Å²) in [6.07, 6.45) is -0.870. The number of rotatable bonds is 3. The van der Waals surface area contributed by atoms with Crippen LogP contribution in [0, 0.1) is 0 Å². The van der Waals surface area contributed by atoms with Crippen LogP contribution in [0.25, 0.3) is 16.8 Å². The summed E-state index contributed by atoms with van der Waals surface area (Å²) in [7, 11) is 0. The maximum absolute atomic E-state index is 13.8. The second kappa shape index (κ2) is 8.53. The summed E-state index contributed by atoms with van der Waals surface area (Å²) >= 11 is 6.35. The Bertz CT molecular complexity index is 1230. The highest BCUT2D eigenvalue weighted by Gasteiger charge is 2.37. The lowest BCUT2D eigenvalue weighted by molar-refractivity contribution is -0.136. The van der Waals surface area contributed by atoms with Crippen LogP contribution in [0.15, 0.2) is 35.3 Å². The number of likely N-dealkylation sites (tertiary alicyclic amines) is 1. The molecule has 0 radical (unpaired) electrons. The first kappa shape index (κ1) is 23.9. The van der Waals surface area contributed by atoms with Gasteiger partial charge >= 0.3 is 12.3 Å². The fraction of sp³-hybridized carbons (Fsp3) is 0.409. The molecule has 0 saturated carbocycles. The number of furan rings is 1. The van der Waals surface area contributed by atoms with Gasteiger partial charge in [0.15, 0.2) is 11.3 Å². The van der Waals surface area contributed by atoms with Crippen LogP contribution < -0.4 is 5.32 Å². The van der Waals surface area contributed by atoms with Gasteiger partial charge in [0, 0.05) is 30.4 Å². The van der Waals surface area contributed by atoms with E-state index in [0.29, 0.717) is 12.0 Å². The SMILES string of the molecule is CC(C)(C)OC(=O)NC1CCN(C(=O)c2nc3c(C(F)(F)F)cc(-c4ccoc4)cn3c2Cl)C1. The van der Waals surface area contributed by atoms with E-state index in [-0.39, 0.29) is 35.5 Å². The van der Waals surface area contributed by atoms with E-state index in [1.807, 2.05) is 0 Å². The molecule has 0 spiro atoms. The molecule has 182 valence electrons. The first-order valence-corrected chi connectivity index (χ1v) is 10.8. The zero-order chi connectivity index (χ0) is 24.8. The van der Waals surface area contributed by atoms with Crippen molar-refractivity contribution in [3.63, 3.8) is 0 Å². The number of fused-ring (bicyclic) bond motifs is 1. The van der Waals surface area contributed by atoms with Gasteiger partial charge in [-0.15, -0.1) is 0 Å². The van der Waals surface area contributed by atoms with Crippen molar-refractivity contribution >= 4 is 29.2 Å². The Morgan fingerprint density at radius 1 is 1.26 bits per heavy atom. The van der Waals surface area contributed by atoms with Gasteiger partial charge in [-0.3, -0.25) is 9.20 Å². The molecule has 12 heteroatoms. The molecule has 3 aromatic rings. The Morgan fingerprint density at radius 2 is 2.00 bits per heavy atom. The lowest BCUT2D eigenvalue weighted by Gasteiger charge is -2.22. The fourth-order valence-corrected chi connectivity index (χ4v) is 3.99. The maximum atomic E-state index is 13.8. The van der Waals surface area contributed by atoms with Crippen LogP contribution in [0.1, 0.15) is 43.2 Å². The van der Waals surface area contributed by atoms with Gasteiger partial charge in [0.1, 0.15) is 10.8 Å². The van der Waals surface area contributed by atoms with Gasteiger partial charge in [0.05, 0.1) is 24.1 Å². The van der Waals surface area contributed by atoms with Crippen molar-refractivity contribution in [2.45, 2.75) is 45.0 Å². The van der Waals surface area contributed by atoms with Crippen LogP contribution >= 0.6 is 11.6 Å². The van der Waals surface area contributed by atoms with Crippen molar-refractivity contribution in [2.24, 2.45) is 0 Å². The molecule has 1 aliphatic rings. The minimum Gasteiger partial charge on any atom is -0.472 e. The number of amides is 2. The lowest BCUT2D eigenvalue weighted by atomic mass is 10.1. The quantitative estimate of drug-likeness (QED) is 0.548. The number of hydrogen-bond donors (Lipinski definition) is 1. The fourth-order valence-electron chi connectivity index (χ4n) is 3.73. The number of nitrogens with zero attached hydrogens (tertiary/aromatic N) is 3. The van der Waals surface area contributed by atoms with Crippen molar-refractivity contribution in [1.82, 2.24) is 19.6 Å². The van der Waals surface area contributed by atoms with Crippen LogP contribution in [0.5, 0.6) is 0 Å². The predicted molar refractivity (Wildman–Crippen MR) is 117 cm³/mol. The number of alkyl carbamates (subject to hydrolysis) is 1. The topological polar surface area (TPSA) is 89.1 Å². The number of carbonyl (C=O) groups is 2. The Labute approximate surface area is 197 Å². The summed E-state index contributed by atoms with van der Waals surface area (Å²) < 4.78 is 52.7. The van der Waals surface area contributed by atoms with Crippen molar-refractivity contribution in [3.8, 4) is 11.1 Å². The highest BCUT2D eigenvalue weighted by molar-refractivity contribution is 6.33. The number of ether oxygens (including phenoxy) is 1. The molecule has 1 unspecified atom stereocenters. The standard InChI is InChI=1S/C22H22ClF3N4O4/c1-21(2,3)34-20(32)27-14-4-6-29(10-14)19(31)16-17(23)30-9-13(12-5-7-33-11-12)8-15(18(30)28-16)22(24,25)26/h5,7-9,11,14H,4,6,10H2,1-3H3,(H,27,32). The summed E-state index contributed by atoms with van der Waals surface area (Å²) in [5.41, 5.74) is -1.85. The minimum atomic E-state index is -4.73. The molecule has 1 atom stereocenters. The second-order valence-corrected chi connectivity index (χ2v) is 9.34. The van der Waals surface area contributed by atoms with E-state index >= 15 is 0 Å². The molecular formula is C22H22ClF3N4O4. The summed E-state index contributed by atoms with van der Waals surface area (Å²) in [6.45, 7) is 5.62. The average Bonchev–Trinajstić information content (AvgIpc) is 3.45. The van der Waals surface area contributed by atoms with Crippen LogP contribution in [0.4, 0.5) is 18.0 Å². The Morgan fingerprint density at radius 3 is 2.62 bits per heavy atom. The third kappa shape index (κ3) is 4.84. The van der Waals surface area contributed by atoms with E-state index in [0.717, 1.165) is 10.5 Å². The number of alkyl halides is 3. The molecule has 3 aromatic heterocycles. The summed E-state index contributed by atoms with van der Waals surface area (Å²) in [4.78, 5) is 30.5. The molecule has 4 rings (SSSR count). The second-order valence-electron chi connectivity index (χ2n) is 8.98. The highest BCUT2D eigenvalue weighted by atomic mass is 35.5. The molecule has 0 bridgehead atoms. The van der Waals surface area contributed by atoms with Gasteiger partial charge in [-0.05, 0) is 39.3 Å². The molecule has 8 nitrogen and oxygen atoms in total. The summed E-state index contributed by atoms with van der Waals surface area (Å²) in [5, 5.41) is 2.46. The number of halogens is 4. The number of pyridine rings is 1. The Hall–Kier alpha value is -3.21. The van der Waals surface area contributed by atoms with Crippen LogP contribution in [0.2, 0.25) is 5.15 Å². The zero-order valence-corrected chi connectivity index (χ0v) is 19.3. The third-order valence-corrected chi connectivity index (χ3v) is 5.58. The van der Waals surface area contributed by atoms with Gasteiger partial charge in [-0.2, -0.15) is 13.2 Å². The van der Waals surface area contributed by atoms with E-state index in [9.17, 15) is 22.8 Å². The average molecular weight is 499 g/mol. The highest BCUT2D eigenvalue weighted by Crippen LogP contribution is 2.37. The van der Waals surface area contributed by atoms with Gasteiger partial charge in [0.25, 0.3) is 5.91 Å². The van der Waals surface area contributed by atoms with Crippen molar-refractivity contribution in [2.75, 3.05) is 13.1 Å². The van der Waals surface area contributed by atoms with E-state index in [4.69, 9.17) is 20.8 Å². The molecule has 1 N–H and O–H groups in total. The van der Waals surface area contributed by atoms with E-state index in [1.165, 1.54) is 29.7 Å². The maximum Gasteiger partial charge on any atom is 0.420 e. The summed E-state index contributed by atoms with van der Waals surface area (Å²) in [6, 6.07) is 2.09. The van der Waals surface area contributed by atoms with Gasteiger partial charge in [-0.1, -0.05) is 11.6 Å². The molecule has 1 saturated heterocycles. The Kier molecular flexibility index (Phi) is 6.01. The Balaban J connectivity index is 1.62. The van der Waals surface area contributed by atoms with Crippen LogP contribution in [-0.2, 0) is 10.9 Å². The molecule has 1 aliphatic heterocycles. The largest absolute Gasteiger partial charge is 0.472 e. The number of nitrogens with one attached hydrogen (secondary N) is 1. The number of carbonyl (C=O) groups excluding carboxylic acids is 2. The van der Waals surface area contributed by atoms with Gasteiger partial charge in [-0.25, -0.2) is 9.78 Å². The van der Waals surface area contributed by atoms with Crippen LogP contribution in [0.3, 0.4) is 0 Å². The first-order chi connectivity index (χ1) is 15.8. The predicted octanol–water partition coefficient (Wildman–Crippen LogP) is 5.01. The number of imidazole rings is 1. The molecular weight excluding hydrogens is 477 g/mol. The van der Waals surface area contributed by atoms with E-state index in [1.54, 1.807) is 20.8 Å². The van der Waals surface area contributed by atoms with Crippen molar-refractivity contribution < 1.29 is 31.9 Å². The zero-order valence-electron chi connectivity index (χ0n) is 18.6. The third-order valence-electron chi connectivity index (χ3n) is 5.22. The molecule has 34 heavy (non-hydrogen) atoms. The monoisotopic (exact) mass is 498 g/mol. The first-order valence-electron chi connectivity index (χ1n) is 10.4. The molecule has 1 fully saturated rings. The van der Waals surface area contributed by atoms with E-state index < -0.39 is 35.0 Å². The summed E-state index contributed by atoms with van der Waals surface area (Å²) in [5.74, 6) is -0.625. The molecule has 4 heterocycles. The molecule has 0 aliphatic carbocycles. The van der Waals surface area contributed by atoms with Gasteiger partial charge in [0.2, 0.25) is 0 Å². The van der Waals surface area contributed by atoms with Crippen molar-refractivity contribution in [1.29, 1.82) is 0 Å².